The third-order valence-electron chi connectivity index (χ3n) is 3.34. The van der Waals surface area contributed by atoms with Gasteiger partial charge in [-0.05, 0) is 30.4 Å². The summed E-state index contributed by atoms with van der Waals surface area (Å²) in [6.07, 6.45) is 1.73. The van der Waals surface area contributed by atoms with Crippen LogP contribution in [0, 0.1) is 5.92 Å². The molecule has 94 valence electrons. The molecule has 1 fully saturated rings. The Kier molecular flexibility index (Phi) is 4.37. The summed E-state index contributed by atoms with van der Waals surface area (Å²) in [4.78, 5) is 2.32. The fourth-order valence-electron chi connectivity index (χ4n) is 2.45. The lowest BCUT2D eigenvalue weighted by Crippen LogP contribution is -2.47. The molecule has 0 bridgehead atoms. The Morgan fingerprint density at radius 1 is 1.35 bits per heavy atom. The lowest BCUT2D eigenvalue weighted by atomic mass is 9.91. The molecule has 1 aromatic rings. The smallest absolute Gasteiger partial charge is 0.122 e. The van der Waals surface area contributed by atoms with E-state index in [2.05, 4.69) is 17.0 Å². The maximum atomic E-state index is 12.0. The second-order valence-corrected chi connectivity index (χ2v) is 4.68. The van der Waals surface area contributed by atoms with Crippen LogP contribution in [0.2, 0.25) is 0 Å². The first kappa shape index (κ1) is 12.4. The first-order valence-corrected chi connectivity index (χ1v) is 6.23. The van der Waals surface area contributed by atoms with Crippen molar-refractivity contribution in [3.63, 3.8) is 0 Å². The molecule has 2 rings (SSSR count). The van der Waals surface area contributed by atoms with E-state index in [0.29, 0.717) is 12.3 Å². The highest BCUT2D eigenvalue weighted by atomic mass is 19.1. The fourth-order valence-corrected chi connectivity index (χ4v) is 2.45. The number of rotatable bonds is 6. The summed E-state index contributed by atoms with van der Waals surface area (Å²) in [6, 6.07) is 8.19. The molecule has 0 amide bonds. The molecule has 1 saturated heterocycles. The van der Waals surface area contributed by atoms with Gasteiger partial charge in [0.2, 0.25) is 0 Å². The Morgan fingerprint density at radius 2 is 2.12 bits per heavy atom. The molecule has 17 heavy (non-hydrogen) atoms. The van der Waals surface area contributed by atoms with E-state index >= 15 is 0 Å². The molecule has 0 N–H and O–H groups in total. The second-order valence-electron chi connectivity index (χ2n) is 4.68. The topological polar surface area (TPSA) is 12.5 Å². The number of benzene rings is 1. The lowest BCUT2D eigenvalue weighted by molar-refractivity contribution is 0.0964. The van der Waals surface area contributed by atoms with Crippen LogP contribution in [0.1, 0.15) is 12.0 Å². The number of halogens is 1. The van der Waals surface area contributed by atoms with Gasteiger partial charge in [-0.25, -0.2) is 0 Å². The quantitative estimate of drug-likeness (QED) is 0.754. The van der Waals surface area contributed by atoms with Crippen molar-refractivity contribution in [1.29, 1.82) is 0 Å². The van der Waals surface area contributed by atoms with Gasteiger partial charge in [0.1, 0.15) is 5.75 Å². The Bertz CT molecular complexity index is 350. The number of alkyl halides is 1. The zero-order valence-corrected chi connectivity index (χ0v) is 10.4. The second kappa shape index (κ2) is 6.01. The molecule has 0 atom stereocenters. The van der Waals surface area contributed by atoms with Crippen LogP contribution in [0.4, 0.5) is 4.39 Å². The normalized spacial score (nSPS) is 16.8. The monoisotopic (exact) mass is 237 g/mol. The predicted octanol–water partition coefficient (Wildman–Crippen LogP) is 2.53. The molecule has 1 aliphatic heterocycles. The summed E-state index contributed by atoms with van der Waals surface area (Å²) in [7, 11) is 1.72. The standard InChI is InChI=1S/C14H20FNO/c1-17-14-6-3-2-5-13(14)9-12-10-16(11-12)8-4-7-15/h2-3,5-6,12H,4,7-11H2,1H3. The zero-order valence-electron chi connectivity index (χ0n) is 10.4. The molecule has 0 aliphatic carbocycles. The average molecular weight is 237 g/mol. The molecule has 0 spiro atoms. The Hall–Kier alpha value is -1.09. The van der Waals surface area contributed by atoms with Crippen LogP contribution in [-0.4, -0.2) is 38.3 Å². The van der Waals surface area contributed by atoms with Crippen molar-refractivity contribution in [2.75, 3.05) is 33.4 Å². The summed E-state index contributed by atoms with van der Waals surface area (Å²) in [6.45, 7) is 2.89. The maximum absolute atomic E-state index is 12.0. The van der Waals surface area contributed by atoms with Crippen LogP contribution in [0.25, 0.3) is 0 Å². The first-order valence-electron chi connectivity index (χ1n) is 6.23. The molecular formula is C14H20FNO. The largest absolute Gasteiger partial charge is 0.496 e. The highest BCUT2D eigenvalue weighted by molar-refractivity contribution is 5.33. The van der Waals surface area contributed by atoms with E-state index in [4.69, 9.17) is 4.74 Å². The van der Waals surface area contributed by atoms with Gasteiger partial charge in [0.15, 0.2) is 0 Å². The van der Waals surface area contributed by atoms with E-state index in [9.17, 15) is 4.39 Å². The number of likely N-dealkylation sites (tertiary alicyclic amines) is 1. The summed E-state index contributed by atoms with van der Waals surface area (Å²) < 4.78 is 17.4. The van der Waals surface area contributed by atoms with E-state index in [1.807, 2.05) is 12.1 Å². The van der Waals surface area contributed by atoms with Crippen LogP contribution >= 0.6 is 0 Å². The molecule has 1 heterocycles. The molecule has 1 aliphatic rings. The lowest BCUT2D eigenvalue weighted by Gasteiger charge is -2.39. The summed E-state index contributed by atoms with van der Waals surface area (Å²) in [5.41, 5.74) is 1.28. The van der Waals surface area contributed by atoms with Gasteiger partial charge in [-0.1, -0.05) is 18.2 Å². The molecule has 0 saturated carbocycles. The van der Waals surface area contributed by atoms with E-state index in [1.165, 1.54) is 5.56 Å². The van der Waals surface area contributed by atoms with Gasteiger partial charge < -0.3 is 9.64 Å². The first-order chi connectivity index (χ1) is 8.33. The van der Waals surface area contributed by atoms with Gasteiger partial charge in [0.25, 0.3) is 0 Å². The number of hydrogen-bond acceptors (Lipinski definition) is 2. The van der Waals surface area contributed by atoms with Crippen LogP contribution in [0.15, 0.2) is 24.3 Å². The minimum Gasteiger partial charge on any atom is -0.496 e. The van der Waals surface area contributed by atoms with Crippen molar-refractivity contribution in [1.82, 2.24) is 4.90 Å². The molecule has 0 unspecified atom stereocenters. The van der Waals surface area contributed by atoms with Crippen LogP contribution < -0.4 is 4.74 Å². The predicted molar refractivity (Wildman–Crippen MR) is 67.2 cm³/mol. The van der Waals surface area contributed by atoms with Gasteiger partial charge in [-0.3, -0.25) is 4.39 Å². The van der Waals surface area contributed by atoms with Gasteiger partial charge >= 0.3 is 0 Å². The SMILES string of the molecule is COc1ccccc1CC1CN(CCCF)C1. The number of nitrogens with zero attached hydrogens (tertiary/aromatic N) is 1. The van der Waals surface area contributed by atoms with Gasteiger partial charge in [0, 0.05) is 19.6 Å². The van der Waals surface area contributed by atoms with Crippen LogP contribution in [-0.2, 0) is 6.42 Å². The number of ether oxygens (including phenoxy) is 1. The third-order valence-corrected chi connectivity index (χ3v) is 3.34. The van der Waals surface area contributed by atoms with E-state index in [1.54, 1.807) is 7.11 Å². The summed E-state index contributed by atoms with van der Waals surface area (Å²) in [5, 5.41) is 0. The molecule has 0 radical (unpaired) electrons. The number of para-hydroxylation sites is 1. The highest BCUT2D eigenvalue weighted by Gasteiger charge is 2.26. The maximum Gasteiger partial charge on any atom is 0.122 e. The van der Waals surface area contributed by atoms with Crippen molar-refractivity contribution in [2.24, 2.45) is 5.92 Å². The van der Waals surface area contributed by atoms with Crippen molar-refractivity contribution in [3.05, 3.63) is 29.8 Å². The van der Waals surface area contributed by atoms with Gasteiger partial charge in [0.05, 0.1) is 13.8 Å². The highest BCUT2D eigenvalue weighted by Crippen LogP contribution is 2.25. The van der Waals surface area contributed by atoms with E-state index in [0.717, 1.165) is 31.8 Å². The third kappa shape index (κ3) is 3.19. The van der Waals surface area contributed by atoms with Gasteiger partial charge in [-0.15, -0.1) is 0 Å². The Balaban J connectivity index is 1.79. The van der Waals surface area contributed by atoms with Crippen molar-refractivity contribution < 1.29 is 9.13 Å². The van der Waals surface area contributed by atoms with E-state index in [-0.39, 0.29) is 6.67 Å². The zero-order chi connectivity index (χ0) is 12.1. The van der Waals surface area contributed by atoms with Crippen molar-refractivity contribution >= 4 is 0 Å². The minimum absolute atomic E-state index is 0.201. The van der Waals surface area contributed by atoms with Crippen molar-refractivity contribution in [2.45, 2.75) is 12.8 Å². The summed E-state index contributed by atoms with van der Waals surface area (Å²) >= 11 is 0. The number of hydrogen-bond donors (Lipinski definition) is 0. The Morgan fingerprint density at radius 3 is 2.82 bits per heavy atom. The van der Waals surface area contributed by atoms with Crippen LogP contribution in [0.3, 0.4) is 0 Å². The Labute approximate surface area is 102 Å². The fraction of sp³-hybridized carbons (Fsp3) is 0.571. The molecular weight excluding hydrogens is 217 g/mol. The summed E-state index contributed by atoms with van der Waals surface area (Å²) in [5.74, 6) is 1.68. The minimum atomic E-state index is -0.201. The van der Waals surface area contributed by atoms with Crippen molar-refractivity contribution in [3.8, 4) is 5.75 Å². The molecule has 3 heteroatoms. The average Bonchev–Trinajstić information content (AvgIpc) is 2.32. The molecule has 1 aromatic carbocycles. The van der Waals surface area contributed by atoms with E-state index < -0.39 is 0 Å². The molecule has 2 nitrogen and oxygen atoms in total. The van der Waals surface area contributed by atoms with Gasteiger partial charge in [-0.2, -0.15) is 0 Å². The molecule has 0 aromatic heterocycles. The number of methoxy groups -OCH3 is 1. The van der Waals surface area contributed by atoms with Crippen LogP contribution in [0.5, 0.6) is 5.75 Å².